The van der Waals surface area contributed by atoms with Crippen LogP contribution < -0.4 is 10.2 Å². The molecule has 5 nitrogen and oxygen atoms in total. The van der Waals surface area contributed by atoms with Gasteiger partial charge in [-0.15, -0.1) is 11.3 Å². The van der Waals surface area contributed by atoms with Gasteiger partial charge in [-0.25, -0.2) is 4.98 Å². The molecule has 3 heterocycles. The number of carbonyl (C=O) groups is 1. The van der Waals surface area contributed by atoms with Gasteiger partial charge in [0.05, 0.1) is 17.7 Å². The topological polar surface area (TPSA) is 47.4 Å². The van der Waals surface area contributed by atoms with Crippen molar-refractivity contribution in [3.63, 3.8) is 0 Å². The van der Waals surface area contributed by atoms with Crippen LogP contribution in [-0.2, 0) is 13.0 Å². The Morgan fingerprint density at radius 2 is 2.10 bits per heavy atom. The van der Waals surface area contributed by atoms with Crippen LogP contribution in [0.2, 0.25) is 0 Å². The van der Waals surface area contributed by atoms with E-state index in [1.54, 1.807) is 23.3 Å². The van der Waals surface area contributed by atoms with Gasteiger partial charge in [0.1, 0.15) is 19.3 Å². The molecule has 2 aromatic heterocycles. The van der Waals surface area contributed by atoms with E-state index in [9.17, 15) is 4.79 Å². The van der Waals surface area contributed by atoms with Gasteiger partial charge in [0.15, 0.2) is 5.82 Å². The summed E-state index contributed by atoms with van der Waals surface area (Å²) >= 11 is 1.62. The van der Waals surface area contributed by atoms with Crippen LogP contribution in [0.5, 0.6) is 5.75 Å². The Kier molecular flexibility index (Phi) is 4.81. The number of nitrogens with zero attached hydrogens (tertiary/aromatic N) is 3. The van der Waals surface area contributed by atoms with E-state index >= 15 is 0 Å². The molecule has 0 bridgehead atoms. The molecule has 0 saturated heterocycles. The maximum Gasteiger partial charge on any atom is 0.290 e. The van der Waals surface area contributed by atoms with Gasteiger partial charge in [-0.3, -0.25) is 4.79 Å². The molecule has 7 heteroatoms. The third-order valence-electron chi connectivity index (χ3n) is 5.54. The van der Waals surface area contributed by atoms with Crippen LogP contribution >= 0.6 is 11.3 Å². The number of fused-ring (bicyclic) bond motifs is 3. The summed E-state index contributed by atoms with van der Waals surface area (Å²) in [5.74, 6) is 1.07. The highest BCUT2D eigenvalue weighted by molar-refractivity contribution is 7.13. The molecule has 0 saturated carbocycles. The van der Waals surface area contributed by atoms with E-state index in [4.69, 9.17) is 17.6 Å². The summed E-state index contributed by atoms with van der Waals surface area (Å²) < 4.78 is 7.46. The first-order valence-corrected chi connectivity index (χ1v) is 10.5. The van der Waals surface area contributed by atoms with Crippen LogP contribution in [0.15, 0.2) is 29.6 Å². The van der Waals surface area contributed by atoms with Gasteiger partial charge in [-0.2, -0.15) is 0 Å². The van der Waals surface area contributed by atoms with Crippen LogP contribution in [0.4, 0.5) is 0 Å². The van der Waals surface area contributed by atoms with E-state index in [0.717, 1.165) is 33.8 Å². The van der Waals surface area contributed by atoms with Gasteiger partial charge in [0.25, 0.3) is 5.91 Å². The normalized spacial score (nSPS) is 13.0. The molecule has 4 rings (SSSR count). The fourth-order valence-electron chi connectivity index (χ4n) is 3.62. The van der Waals surface area contributed by atoms with Gasteiger partial charge in [-0.1, -0.05) is 17.6 Å². The highest BCUT2D eigenvalue weighted by atomic mass is 32.1. The molecule has 0 atom stereocenters. The summed E-state index contributed by atoms with van der Waals surface area (Å²) in [7, 11) is 9.68. The summed E-state index contributed by atoms with van der Waals surface area (Å²) in [5.41, 5.74) is 4.24. The predicted molar refractivity (Wildman–Crippen MR) is 118 cm³/mol. The Labute approximate surface area is 176 Å². The molecule has 0 N–H and O–H groups in total. The fourth-order valence-corrected chi connectivity index (χ4v) is 4.34. The first kappa shape index (κ1) is 19.8. The summed E-state index contributed by atoms with van der Waals surface area (Å²) in [5, 5.41) is 2.02. The molecule has 29 heavy (non-hydrogen) atoms. The molecule has 0 spiro atoms. The Bertz CT molecular complexity index is 1080. The number of benzene rings is 1. The lowest BCUT2D eigenvalue weighted by atomic mass is 9.87. The van der Waals surface area contributed by atoms with Crippen molar-refractivity contribution >= 4 is 30.6 Å². The molecule has 2 radical (unpaired) electrons. The molecule has 1 aliphatic rings. The zero-order chi connectivity index (χ0) is 20.9. The van der Waals surface area contributed by atoms with Gasteiger partial charge < -0.3 is 14.2 Å². The summed E-state index contributed by atoms with van der Waals surface area (Å²) in [6, 6.07) is 7.99. The zero-order valence-corrected chi connectivity index (χ0v) is 18.3. The van der Waals surface area contributed by atoms with Crippen LogP contribution in [-0.4, -0.2) is 47.9 Å². The summed E-state index contributed by atoms with van der Waals surface area (Å²) in [4.78, 5) is 21.0. The smallest absolute Gasteiger partial charge is 0.290 e. The van der Waals surface area contributed by atoms with Gasteiger partial charge >= 0.3 is 0 Å². The number of thiophene rings is 1. The Balaban J connectivity index is 1.95. The lowest BCUT2D eigenvalue weighted by Crippen LogP contribution is -2.43. The third kappa shape index (κ3) is 3.27. The number of imidazole rings is 1. The number of rotatable bonds is 3. The minimum Gasteiger partial charge on any atom is -0.497 e. The van der Waals surface area contributed by atoms with Crippen molar-refractivity contribution in [2.45, 2.75) is 39.3 Å². The van der Waals surface area contributed by atoms with Gasteiger partial charge in [-0.05, 0) is 50.3 Å². The van der Waals surface area contributed by atoms with Crippen LogP contribution in [0.25, 0.3) is 21.8 Å². The van der Waals surface area contributed by atoms with Crippen molar-refractivity contribution in [2.75, 3.05) is 14.2 Å². The van der Waals surface area contributed by atoms with Gasteiger partial charge in [0, 0.05) is 24.7 Å². The minimum absolute atomic E-state index is 0.0773. The first-order chi connectivity index (χ1) is 13.7. The van der Waals surface area contributed by atoms with E-state index in [-0.39, 0.29) is 11.4 Å². The number of carbonyl (C=O) groups excluding carboxylic acids is 1. The standard InChI is InChI=1S/C22H24BN3O2S/c1-22(2,3)25(4)21(27)20-24-18(17-7-6-10-29-17)19-14-12-15(23)16(28-5)11-13(14)8-9-26(19)20/h6-7,10-12H,8-9H2,1-5H3. The molecular weight excluding hydrogens is 381 g/mol. The summed E-state index contributed by atoms with van der Waals surface area (Å²) in [6.45, 7) is 6.75. The molecule has 0 aliphatic carbocycles. The van der Waals surface area contributed by atoms with E-state index in [1.165, 1.54) is 0 Å². The third-order valence-corrected chi connectivity index (χ3v) is 6.42. The number of ether oxygens (including phenoxy) is 1. The molecule has 3 aromatic rings. The van der Waals surface area contributed by atoms with Crippen LogP contribution in [0, 0.1) is 0 Å². The van der Waals surface area contributed by atoms with Gasteiger partial charge in [0.2, 0.25) is 0 Å². The largest absolute Gasteiger partial charge is 0.497 e. The van der Waals surface area contributed by atoms with Crippen molar-refractivity contribution in [1.82, 2.24) is 14.5 Å². The fraction of sp³-hybridized carbons (Fsp3) is 0.364. The number of aromatic nitrogens is 2. The van der Waals surface area contributed by atoms with Crippen LogP contribution in [0.1, 0.15) is 37.0 Å². The van der Waals surface area contributed by atoms with E-state index in [0.29, 0.717) is 23.6 Å². The minimum atomic E-state index is -0.295. The lowest BCUT2D eigenvalue weighted by Gasteiger charge is -2.32. The molecular formula is C22H24BN3O2S. The van der Waals surface area contributed by atoms with Crippen molar-refractivity contribution in [1.29, 1.82) is 0 Å². The van der Waals surface area contributed by atoms with E-state index in [2.05, 4.69) is 0 Å². The molecule has 0 fully saturated rings. The number of hydrogen-bond acceptors (Lipinski definition) is 4. The Hall–Kier alpha value is -2.54. The number of hydrogen-bond donors (Lipinski definition) is 0. The Morgan fingerprint density at radius 1 is 1.34 bits per heavy atom. The Morgan fingerprint density at radius 3 is 2.72 bits per heavy atom. The number of amides is 1. The highest BCUT2D eigenvalue weighted by Gasteiger charge is 2.33. The second kappa shape index (κ2) is 7.06. The molecule has 1 amide bonds. The quantitative estimate of drug-likeness (QED) is 0.627. The maximum absolute atomic E-state index is 13.3. The van der Waals surface area contributed by atoms with Crippen LogP contribution in [0.3, 0.4) is 0 Å². The highest BCUT2D eigenvalue weighted by Crippen LogP contribution is 2.40. The molecule has 1 aromatic carbocycles. The zero-order valence-electron chi connectivity index (χ0n) is 17.4. The second-order valence-corrected chi connectivity index (χ2v) is 9.25. The number of aryl methyl sites for hydroxylation is 1. The average Bonchev–Trinajstić information content (AvgIpc) is 3.33. The molecule has 0 unspecified atom stereocenters. The van der Waals surface area contributed by atoms with Crippen molar-refractivity contribution in [3.8, 4) is 27.6 Å². The van der Waals surface area contributed by atoms with E-state index < -0.39 is 0 Å². The first-order valence-electron chi connectivity index (χ1n) is 9.61. The van der Waals surface area contributed by atoms with Crippen molar-refractivity contribution in [3.05, 3.63) is 41.0 Å². The maximum atomic E-state index is 13.3. The molecule has 1 aliphatic heterocycles. The van der Waals surface area contributed by atoms with Crippen molar-refractivity contribution in [2.24, 2.45) is 0 Å². The number of methoxy groups -OCH3 is 1. The van der Waals surface area contributed by atoms with Crippen molar-refractivity contribution < 1.29 is 9.53 Å². The second-order valence-electron chi connectivity index (χ2n) is 8.30. The average molecular weight is 405 g/mol. The SMILES string of the molecule is [B]c1cc2c(cc1OC)CCn1c(C(=O)N(C)C(C)(C)C)nc(-c3cccs3)c1-2. The molecule has 148 valence electrons. The lowest BCUT2D eigenvalue weighted by molar-refractivity contribution is 0.0638. The monoisotopic (exact) mass is 405 g/mol. The summed E-state index contributed by atoms with van der Waals surface area (Å²) in [6.07, 6.45) is 0.790. The predicted octanol–water partition coefficient (Wildman–Crippen LogP) is 3.51. The van der Waals surface area contributed by atoms with E-state index in [1.807, 2.05) is 62.0 Å².